The largest absolute Gasteiger partial charge is 0.472 e. The maximum atomic E-state index is 13.0. The number of unbranched alkanes of at least 4 members (excludes halogenated alkanes) is 34. The third kappa shape index (κ3) is 42.7. The number of hydrogen-bond donors (Lipinski definition) is 4. The van der Waals surface area contributed by atoms with E-state index in [1.807, 2.05) is 21.1 Å². The summed E-state index contributed by atoms with van der Waals surface area (Å²) < 4.78 is 23.6. The molecule has 0 aromatic heterocycles. The molecule has 0 radical (unpaired) electrons. The first-order valence-corrected chi connectivity index (χ1v) is 27.5. The van der Waals surface area contributed by atoms with Crippen molar-refractivity contribution in [3.63, 3.8) is 0 Å². The van der Waals surface area contributed by atoms with E-state index < -0.39 is 32.7 Å². The van der Waals surface area contributed by atoms with Gasteiger partial charge >= 0.3 is 7.82 Å². The Labute approximate surface area is 372 Å². The van der Waals surface area contributed by atoms with Crippen molar-refractivity contribution in [1.29, 1.82) is 0 Å². The number of hydrogen-bond acceptors (Lipinski definition) is 6. The third-order valence-corrected chi connectivity index (χ3v) is 13.2. The molecule has 0 aromatic rings. The van der Waals surface area contributed by atoms with Gasteiger partial charge in [0.25, 0.3) is 0 Å². The molecule has 0 saturated carbocycles. The zero-order valence-electron chi connectivity index (χ0n) is 40.6. The van der Waals surface area contributed by atoms with Crippen LogP contribution in [0.1, 0.15) is 258 Å². The lowest BCUT2D eigenvalue weighted by atomic mass is 9.99. The molecule has 1 amide bonds. The van der Waals surface area contributed by atoms with E-state index in [0.29, 0.717) is 23.9 Å². The van der Waals surface area contributed by atoms with Gasteiger partial charge in [-0.2, -0.15) is 0 Å². The van der Waals surface area contributed by atoms with Crippen molar-refractivity contribution in [1.82, 2.24) is 5.32 Å². The number of quaternary nitrogens is 1. The fourth-order valence-corrected chi connectivity index (χ4v) is 8.76. The van der Waals surface area contributed by atoms with Gasteiger partial charge in [0, 0.05) is 6.42 Å². The Morgan fingerprint density at radius 2 is 0.833 bits per heavy atom. The smallest absolute Gasteiger partial charge is 0.390 e. The minimum atomic E-state index is -4.41. The van der Waals surface area contributed by atoms with E-state index in [1.54, 1.807) is 0 Å². The van der Waals surface area contributed by atoms with E-state index in [4.69, 9.17) is 9.05 Å². The summed E-state index contributed by atoms with van der Waals surface area (Å²) in [6, 6.07) is -1.03. The fraction of sp³-hybridized carbons (Fsp3) is 0.980. The van der Waals surface area contributed by atoms with Gasteiger partial charge in [-0.25, -0.2) is 4.57 Å². The third-order valence-electron chi connectivity index (χ3n) is 12.2. The van der Waals surface area contributed by atoms with Crippen LogP contribution in [-0.4, -0.2) is 84.6 Å². The minimum absolute atomic E-state index is 0.0258. The molecule has 4 unspecified atom stereocenters. The zero-order valence-corrected chi connectivity index (χ0v) is 41.5. The number of phosphoric acid groups is 1. The van der Waals surface area contributed by atoms with Gasteiger partial charge in [-0.05, 0) is 12.8 Å². The summed E-state index contributed by atoms with van der Waals surface area (Å²) in [7, 11) is 1.45. The monoisotopic (exact) mass is 876 g/mol. The lowest BCUT2D eigenvalue weighted by Crippen LogP contribution is -2.51. The van der Waals surface area contributed by atoms with Gasteiger partial charge in [0.1, 0.15) is 19.3 Å². The number of nitrogens with zero attached hydrogens (tertiary/aromatic N) is 1. The average Bonchev–Trinajstić information content (AvgIpc) is 3.20. The van der Waals surface area contributed by atoms with Gasteiger partial charge in [0.15, 0.2) is 0 Å². The van der Waals surface area contributed by atoms with Crippen LogP contribution in [0.25, 0.3) is 0 Å². The minimum Gasteiger partial charge on any atom is -0.390 e. The molecule has 0 aromatic carbocycles. The standard InChI is InChI=1S/C50H103N2O7P/c1-6-8-10-12-14-16-18-20-21-22-23-24-25-26-27-28-29-30-31-33-35-37-39-41-43-49(54)51-47(46-59-60(56,57)58-45-44-52(3,4)5)50(55)48(53)42-40-38-36-34-32-19-17-15-13-11-9-7-2/h47-48,50,53,55H,6-46H2,1-5H3,(H-,51,54,56,57)/p+1. The summed E-state index contributed by atoms with van der Waals surface area (Å²) in [5.41, 5.74) is 0. The second-order valence-corrected chi connectivity index (χ2v) is 20.9. The van der Waals surface area contributed by atoms with Gasteiger partial charge < -0.3 is 24.9 Å². The van der Waals surface area contributed by atoms with Crippen molar-refractivity contribution in [2.45, 2.75) is 276 Å². The zero-order chi connectivity index (χ0) is 44.4. The molecule has 0 saturated heterocycles. The molecule has 0 bridgehead atoms. The van der Waals surface area contributed by atoms with Crippen molar-refractivity contribution < 1.29 is 38.0 Å². The first-order valence-electron chi connectivity index (χ1n) is 26.0. The summed E-state index contributed by atoms with van der Waals surface area (Å²) in [6.07, 6.45) is 44.6. The molecular formula is C50H104N2O7P+. The predicted octanol–water partition coefficient (Wildman–Crippen LogP) is 13.9. The van der Waals surface area contributed by atoms with E-state index >= 15 is 0 Å². The number of aliphatic hydroxyl groups is 2. The topological polar surface area (TPSA) is 125 Å². The Morgan fingerprint density at radius 3 is 1.17 bits per heavy atom. The Balaban J connectivity index is 4.23. The van der Waals surface area contributed by atoms with Gasteiger partial charge in [-0.3, -0.25) is 13.8 Å². The highest BCUT2D eigenvalue weighted by Crippen LogP contribution is 2.43. The predicted molar refractivity (Wildman–Crippen MR) is 255 cm³/mol. The Bertz CT molecular complexity index is 965. The number of rotatable bonds is 48. The molecule has 0 fully saturated rings. The maximum absolute atomic E-state index is 13.0. The van der Waals surface area contributed by atoms with Crippen LogP contribution in [-0.2, 0) is 18.4 Å². The second kappa shape index (κ2) is 42.4. The van der Waals surface area contributed by atoms with E-state index in [9.17, 15) is 24.5 Å². The van der Waals surface area contributed by atoms with Gasteiger partial charge in [-0.15, -0.1) is 0 Å². The Morgan fingerprint density at radius 1 is 0.517 bits per heavy atom. The molecule has 0 rings (SSSR count). The molecule has 0 aliphatic heterocycles. The van der Waals surface area contributed by atoms with Crippen LogP contribution in [0.5, 0.6) is 0 Å². The SMILES string of the molecule is CCCCCCCCCCCCCCCCCCCCCCCCCCC(=O)NC(COP(=O)(O)OCC[N+](C)(C)C)C(O)C(O)CCCCCCCCCCCCCC. The molecule has 9 nitrogen and oxygen atoms in total. The molecule has 360 valence electrons. The van der Waals surface area contributed by atoms with Gasteiger partial charge in [0.05, 0.1) is 39.9 Å². The number of carbonyl (C=O) groups is 1. The van der Waals surface area contributed by atoms with E-state index in [2.05, 4.69) is 19.2 Å². The molecule has 0 spiro atoms. The number of carbonyl (C=O) groups excluding carboxylic acids is 1. The highest BCUT2D eigenvalue weighted by Gasteiger charge is 2.31. The van der Waals surface area contributed by atoms with Crippen LogP contribution in [0.15, 0.2) is 0 Å². The molecule has 0 aliphatic carbocycles. The van der Waals surface area contributed by atoms with Crippen LogP contribution in [0, 0.1) is 0 Å². The number of likely N-dealkylation sites (N-methyl/N-ethyl adjacent to an activating group) is 1. The lowest BCUT2D eigenvalue weighted by molar-refractivity contribution is -0.870. The Kier molecular flexibility index (Phi) is 42.0. The first-order chi connectivity index (χ1) is 28.9. The number of amides is 1. The highest BCUT2D eigenvalue weighted by atomic mass is 31.2. The van der Waals surface area contributed by atoms with E-state index in [0.717, 1.165) is 38.5 Å². The second-order valence-electron chi connectivity index (χ2n) is 19.4. The van der Waals surface area contributed by atoms with Crippen LogP contribution >= 0.6 is 7.82 Å². The normalized spacial score (nSPS) is 14.6. The first kappa shape index (κ1) is 59.5. The lowest BCUT2D eigenvalue weighted by Gasteiger charge is -2.28. The van der Waals surface area contributed by atoms with E-state index in [1.165, 1.54) is 193 Å². The number of nitrogens with one attached hydrogen (secondary N) is 1. The fourth-order valence-electron chi connectivity index (χ4n) is 8.03. The molecule has 0 heterocycles. The number of phosphoric ester groups is 1. The van der Waals surface area contributed by atoms with Gasteiger partial charge in [0.2, 0.25) is 5.91 Å². The highest BCUT2D eigenvalue weighted by molar-refractivity contribution is 7.47. The summed E-state index contributed by atoms with van der Waals surface area (Å²) in [5.74, 6) is -0.252. The maximum Gasteiger partial charge on any atom is 0.472 e. The molecule has 4 atom stereocenters. The number of aliphatic hydroxyl groups excluding tert-OH is 2. The van der Waals surface area contributed by atoms with Crippen molar-refractivity contribution in [2.75, 3.05) is 40.9 Å². The molecule has 10 heteroatoms. The summed E-state index contributed by atoms with van der Waals surface area (Å²) in [6.45, 7) is 4.64. The quantitative estimate of drug-likeness (QED) is 0.0272. The van der Waals surface area contributed by atoms with Crippen molar-refractivity contribution in [3.8, 4) is 0 Å². The van der Waals surface area contributed by atoms with Crippen LogP contribution in [0.4, 0.5) is 0 Å². The van der Waals surface area contributed by atoms with Crippen molar-refractivity contribution in [3.05, 3.63) is 0 Å². The van der Waals surface area contributed by atoms with Crippen LogP contribution in [0.3, 0.4) is 0 Å². The average molecular weight is 876 g/mol. The van der Waals surface area contributed by atoms with Gasteiger partial charge in [-0.1, -0.05) is 239 Å². The molecule has 60 heavy (non-hydrogen) atoms. The molecule has 0 aliphatic rings. The summed E-state index contributed by atoms with van der Waals surface area (Å²) in [5, 5.41) is 24.8. The molecule has 4 N–H and O–H groups in total. The summed E-state index contributed by atoms with van der Waals surface area (Å²) in [4.78, 5) is 23.2. The Hall–Kier alpha value is -0.540. The van der Waals surface area contributed by atoms with Crippen molar-refractivity contribution in [2.24, 2.45) is 0 Å². The molecular weight excluding hydrogens is 772 g/mol. The van der Waals surface area contributed by atoms with Crippen molar-refractivity contribution >= 4 is 13.7 Å². The van der Waals surface area contributed by atoms with E-state index in [-0.39, 0.29) is 12.5 Å². The van der Waals surface area contributed by atoms with Crippen LogP contribution in [0.2, 0.25) is 0 Å². The van der Waals surface area contributed by atoms with Crippen LogP contribution < -0.4 is 5.32 Å². The summed E-state index contributed by atoms with van der Waals surface area (Å²) >= 11 is 0.